The van der Waals surface area contributed by atoms with Gasteiger partial charge in [-0.3, -0.25) is 4.40 Å². The number of nitrogens with zero attached hydrogens (tertiary/aromatic N) is 3. The Bertz CT molecular complexity index is 925. The first-order chi connectivity index (χ1) is 10.7. The molecule has 4 rings (SSSR count). The lowest BCUT2D eigenvalue weighted by atomic mass is 9.94. The van der Waals surface area contributed by atoms with Gasteiger partial charge in [-0.05, 0) is 18.2 Å². The summed E-state index contributed by atoms with van der Waals surface area (Å²) in [6.45, 7) is 0. The molecule has 1 atom stereocenters. The Morgan fingerprint density at radius 2 is 2.14 bits per heavy atom. The highest BCUT2D eigenvalue weighted by Gasteiger charge is 2.33. The molecule has 0 bridgehead atoms. The van der Waals surface area contributed by atoms with Gasteiger partial charge >= 0.3 is 0 Å². The molecule has 0 spiro atoms. The molecule has 22 heavy (non-hydrogen) atoms. The van der Waals surface area contributed by atoms with Crippen LogP contribution in [0, 0.1) is 0 Å². The minimum atomic E-state index is -1.55. The van der Waals surface area contributed by atoms with Crippen LogP contribution in [0.5, 0.6) is 0 Å². The van der Waals surface area contributed by atoms with Gasteiger partial charge in [0.15, 0.2) is 17.1 Å². The maximum atomic E-state index is 15.4. The zero-order valence-corrected chi connectivity index (χ0v) is 12.1. The lowest BCUT2D eigenvalue weighted by Crippen LogP contribution is -2.20. The lowest BCUT2D eigenvalue weighted by molar-refractivity contribution is 0.228. The van der Waals surface area contributed by atoms with Crippen LogP contribution in [0.1, 0.15) is 12.1 Å². The molecule has 1 N–H and O–H groups in total. The van der Waals surface area contributed by atoms with Crippen LogP contribution in [0.3, 0.4) is 0 Å². The number of fused-ring (bicyclic) bond motifs is 3. The second kappa shape index (κ2) is 4.66. The van der Waals surface area contributed by atoms with Crippen LogP contribution in [0.25, 0.3) is 16.7 Å². The van der Waals surface area contributed by atoms with Crippen LogP contribution in [0.2, 0.25) is 0 Å². The number of allylic oxidation sites excluding steroid dienone is 4. The van der Waals surface area contributed by atoms with Crippen LogP contribution >= 0.6 is 0 Å². The fourth-order valence-electron chi connectivity index (χ4n) is 2.93. The van der Waals surface area contributed by atoms with E-state index < -0.39 is 5.67 Å². The van der Waals surface area contributed by atoms with Crippen molar-refractivity contribution >= 4 is 22.5 Å². The molecule has 5 heteroatoms. The zero-order valence-electron chi connectivity index (χ0n) is 12.1. The van der Waals surface area contributed by atoms with Crippen molar-refractivity contribution in [1.82, 2.24) is 14.4 Å². The summed E-state index contributed by atoms with van der Waals surface area (Å²) >= 11 is 0. The molecular formula is C17H15FN4. The topological polar surface area (TPSA) is 42.2 Å². The summed E-state index contributed by atoms with van der Waals surface area (Å²) in [7, 11) is 1.79. The number of alkyl halides is 1. The molecule has 0 fully saturated rings. The molecule has 2 aromatic heterocycles. The largest absolute Gasteiger partial charge is 0.370 e. The van der Waals surface area contributed by atoms with Crippen LogP contribution in [-0.2, 0) is 5.67 Å². The monoisotopic (exact) mass is 294 g/mol. The molecule has 4 nitrogen and oxygen atoms in total. The highest BCUT2D eigenvalue weighted by atomic mass is 19.1. The smallest absolute Gasteiger partial charge is 0.180 e. The van der Waals surface area contributed by atoms with E-state index >= 15 is 4.39 Å². The van der Waals surface area contributed by atoms with E-state index in [9.17, 15) is 0 Å². The quantitative estimate of drug-likeness (QED) is 0.785. The van der Waals surface area contributed by atoms with Crippen molar-refractivity contribution in [3.63, 3.8) is 0 Å². The number of benzene rings is 1. The third-order valence-corrected chi connectivity index (χ3v) is 4.01. The first kappa shape index (κ1) is 13.0. The van der Waals surface area contributed by atoms with Crippen molar-refractivity contribution in [3.8, 4) is 0 Å². The van der Waals surface area contributed by atoms with Crippen molar-refractivity contribution in [2.75, 3.05) is 12.4 Å². The van der Waals surface area contributed by atoms with E-state index in [1.807, 2.05) is 40.8 Å². The Morgan fingerprint density at radius 1 is 1.27 bits per heavy atom. The van der Waals surface area contributed by atoms with Crippen molar-refractivity contribution in [3.05, 3.63) is 60.5 Å². The van der Waals surface area contributed by atoms with Gasteiger partial charge in [-0.15, -0.1) is 0 Å². The number of hydrogen-bond acceptors (Lipinski definition) is 3. The Kier molecular flexibility index (Phi) is 2.76. The predicted octanol–water partition coefficient (Wildman–Crippen LogP) is 3.61. The van der Waals surface area contributed by atoms with Crippen molar-refractivity contribution in [2.24, 2.45) is 0 Å². The second-order valence-corrected chi connectivity index (χ2v) is 5.36. The minimum Gasteiger partial charge on any atom is -0.370 e. The maximum absolute atomic E-state index is 15.4. The summed E-state index contributed by atoms with van der Waals surface area (Å²) in [5.74, 6) is 0.642. The molecule has 0 aliphatic heterocycles. The minimum absolute atomic E-state index is 0.308. The number of halogens is 1. The van der Waals surface area contributed by atoms with Crippen molar-refractivity contribution in [2.45, 2.75) is 12.1 Å². The molecule has 110 valence electrons. The summed E-state index contributed by atoms with van der Waals surface area (Å²) in [5.41, 5.74) is 1.26. The van der Waals surface area contributed by atoms with Gasteiger partial charge in [0, 0.05) is 13.5 Å². The van der Waals surface area contributed by atoms with Crippen LogP contribution < -0.4 is 5.32 Å². The van der Waals surface area contributed by atoms with Gasteiger partial charge in [-0.2, -0.15) is 0 Å². The molecule has 1 unspecified atom stereocenters. The van der Waals surface area contributed by atoms with Gasteiger partial charge in [-0.1, -0.05) is 30.4 Å². The van der Waals surface area contributed by atoms with E-state index in [0.29, 0.717) is 23.6 Å². The summed E-state index contributed by atoms with van der Waals surface area (Å²) in [6.07, 6.45) is 8.94. The third-order valence-electron chi connectivity index (χ3n) is 4.01. The fourth-order valence-corrected chi connectivity index (χ4v) is 2.93. The van der Waals surface area contributed by atoms with E-state index in [1.165, 1.54) is 0 Å². The van der Waals surface area contributed by atoms with Gasteiger partial charge in [0.1, 0.15) is 0 Å². The molecule has 1 aromatic carbocycles. The summed E-state index contributed by atoms with van der Waals surface area (Å²) in [4.78, 5) is 8.95. The number of anilines is 1. The van der Waals surface area contributed by atoms with E-state index in [0.717, 1.165) is 11.0 Å². The standard InChI is InChI=1S/C17H15FN4/c1-19-15-16-20-11-14(17(18)9-5-2-6-10-17)22(16)13-8-4-3-7-12(13)21-15/h2-9,11H,10H2,1H3,(H,19,21). The number of rotatable bonds is 2. The van der Waals surface area contributed by atoms with E-state index in [1.54, 1.807) is 25.4 Å². The molecule has 0 radical (unpaired) electrons. The lowest BCUT2D eigenvalue weighted by Gasteiger charge is -2.22. The molecule has 2 heterocycles. The van der Waals surface area contributed by atoms with E-state index in [-0.39, 0.29) is 0 Å². The number of nitrogens with one attached hydrogen (secondary N) is 1. The SMILES string of the molecule is CNc1nc2ccccc2n2c(C3(F)C=CC=CC3)cnc12. The Balaban J connectivity index is 2.11. The second-order valence-electron chi connectivity index (χ2n) is 5.36. The van der Waals surface area contributed by atoms with Gasteiger partial charge in [0.25, 0.3) is 0 Å². The maximum Gasteiger partial charge on any atom is 0.180 e. The molecular weight excluding hydrogens is 279 g/mol. The van der Waals surface area contributed by atoms with Gasteiger partial charge in [-0.25, -0.2) is 14.4 Å². The summed E-state index contributed by atoms with van der Waals surface area (Å²) in [6, 6.07) is 7.70. The van der Waals surface area contributed by atoms with Crippen LogP contribution in [-0.4, -0.2) is 21.4 Å². The molecule has 0 saturated heterocycles. The highest BCUT2D eigenvalue weighted by molar-refractivity contribution is 5.83. The molecule has 0 amide bonds. The van der Waals surface area contributed by atoms with E-state index in [4.69, 9.17) is 0 Å². The van der Waals surface area contributed by atoms with Crippen molar-refractivity contribution < 1.29 is 4.39 Å². The Hall–Kier alpha value is -2.69. The molecule has 3 aromatic rings. The van der Waals surface area contributed by atoms with Gasteiger partial charge in [0.2, 0.25) is 0 Å². The first-order valence-corrected chi connectivity index (χ1v) is 7.21. The summed E-state index contributed by atoms with van der Waals surface area (Å²) in [5, 5.41) is 3.04. The number of hydrogen-bond donors (Lipinski definition) is 1. The Morgan fingerprint density at radius 3 is 2.91 bits per heavy atom. The van der Waals surface area contributed by atoms with Crippen LogP contribution in [0.4, 0.5) is 10.2 Å². The predicted molar refractivity (Wildman–Crippen MR) is 85.7 cm³/mol. The first-order valence-electron chi connectivity index (χ1n) is 7.21. The average Bonchev–Trinajstić information content (AvgIpc) is 3.01. The molecule has 1 aliphatic rings. The Labute approximate surface area is 127 Å². The van der Waals surface area contributed by atoms with Crippen molar-refractivity contribution in [1.29, 1.82) is 0 Å². The highest BCUT2D eigenvalue weighted by Crippen LogP contribution is 2.36. The normalized spacial score (nSPS) is 20.8. The van der Waals surface area contributed by atoms with E-state index in [2.05, 4.69) is 15.3 Å². The average molecular weight is 294 g/mol. The molecule has 0 saturated carbocycles. The number of aromatic nitrogens is 3. The van der Waals surface area contributed by atoms with Crippen LogP contribution in [0.15, 0.2) is 54.8 Å². The number of para-hydroxylation sites is 2. The van der Waals surface area contributed by atoms with Gasteiger partial charge in [0.05, 0.1) is 22.9 Å². The fraction of sp³-hybridized carbons (Fsp3) is 0.176. The third kappa shape index (κ3) is 1.75. The summed E-state index contributed by atoms with van der Waals surface area (Å²) < 4.78 is 17.3. The zero-order chi connectivity index (χ0) is 15.2. The van der Waals surface area contributed by atoms with Gasteiger partial charge < -0.3 is 5.32 Å². The molecule has 1 aliphatic carbocycles. The number of imidazole rings is 1.